The van der Waals surface area contributed by atoms with Gasteiger partial charge in [-0.3, -0.25) is 0 Å². The zero-order valence-corrected chi connectivity index (χ0v) is 10.3. The lowest BCUT2D eigenvalue weighted by molar-refractivity contribution is 0.282. The van der Waals surface area contributed by atoms with Crippen molar-refractivity contribution >= 4 is 37.4 Å². The second-order valence-electron chi connectivity index (χ2n) is 3.26. The van der Waals surface area contributed by atoms with Gasteiger partial charge in [-0.15, -0.1) is 11.3 Å². The van der Waals surface area contributed by atoms with E-state index in [0.29, 0.717) is 0 Å². The number of rotatable bonds is 2. The number of aliphatic hydroxyl groups is 1. The Morgan fingerprint density at radius 2 is 2.21 bits per heavy atom. The van der Waals surface area contributed by atoms with Crippen molar-refractivity contribution in [1.29, 1.82) is 0 Å². The number of aryl methyl sites for hydroxylation is 1. The molecule has 0 aliphatic carbocycles. The molecule has 0 spiro atoms. The van der Waals surface area contributed by atoms with E-state index in [1.54, 1.807) is 11.3 Å². The molecule has 1 aromatic carbocycles. The second kappa shape index (κ2) is 4.01. The van der Waals surface area contributed by atoms with Crippen molar-refractivity contribution in [2.45, 2.75) is 18.9 Å². The van der Waals surface area contributed by atoms with Gasteiger partial charge in [0.05, 0.1) is 6.61 Å². The van der Waals surface area contributed by atoms with Crippen LogP contribution >= 0.6 is 27.3 Å². The molecule has 0 aliphatic heterocycles. The molecule has 3 heteroatoms. The summed E-state index contributed by atoms with van der Waals surface area (Å²) in [6.45, 7) is 2.26. The highest BCUT2D eigenvalue weighted by Crippen LogP contribution is 2.32. The first-order valence-corrected chi connectivity index (χ1v) is 6.37. The highest BCUT2D eigenvalue weighted by Gasteiger charge is 2.07. The van der Waals surface area contributed by atoms with Crippen LogP contribution in [0.15, 0.2) is 18.2 Å². The van der Waals surface area contributed by atoms with Crippen LogP contribution in [0.3, 0.4) is 0 Å². The Kier molecular flexibility index (Phi) is 2.91. The summed E-state index contributed by atoms with van der Waals surface area (Å²) in [5.41, 5.74) is 2.36. The van der Waals surface area contributed by atoms with Gasteiger partial charge >= 0.3 is 0 Å². The maximum absolute atomic E-state index is 9.03. The average molecular weight is 271 g/mol. The van der Waals surface area contributed by atoms with Crippen LogP contribution in [0.2, 0.25) is 0 Å². The SMILES string of the molecule is Cc1sc2cc(CO)ccc2c1CBr. The Labute approximate surface area is 95.5 Å². The topological polar surface area (TPSA) is 20.2 Å². The van der Waals surface area contributed by atoms with E-state index in [-0.39, 0.29) is 6.61 Å². The average Bonchev–Trinajstić information content (AvgIpc) is 2.51. The molecular weight excluding hydrogens is 260 g/mol. The van der Waals surface area contributed by atoms with E-state index in [1.807, 2.05) is 6.07 Å². The summed E-state index contributed by atoms with van der Waals surface area (Å²) < 4.78 is 1.27. The molecule has 2 aromatic rings. The van der Waals surface area contributed by atoms with Crippen molar-refractivity contribution < 1.29 is 5.11 Å². The Balaban J connectivity index is 2.68. The lowest BCUT2D eigenvalue weighted by Crippen LogP contribution is -1.81. The summed E-state index contributed by atoms with van der Waals surface area (Å²) in [6.07, 6.45) is 0. The number of thiophene rings is 1. The second-order valence-corrected chi connectivity index (χ2v) is 5.08. The Hall–Kier alpha value is -0.380. The Morgan fingerprint density at radius 1 is 1.43 bits per heavy atom. The van der Waals surface area contributed by atoms with Crippen LogP contribution in [-0.4, -0.2) is 5.11 Å². The molecule has 1 heterocycles. The molecule has 1 aromatic heterocycles. The molecule has 1 nitrogen and oxygen atoms in total. The quantitative estimate of drug-likeness (QED) is 0.827. The van der Waals surface area contributed by atoms with Gasteiger partial charge in [0.25, 0.3) is 0 Å². The summed E-state index contributed by atoms with van der Waals surface area (Å²) in [6, 6.07) is 6.15. The van der Waals surface area contributed by atoms with Crippen LogP contribution in [-0.2, 0) is 11.9 Å². The lowest BCUT2D eigenvalue weighted by atomic mass is 10.1. The van der Waals surface area contributed by atoms with E-state index >= 15 is 0 Å². The number of aliphatic hydroxyl groups excluding tert-OH is 1. The van der Waals surface area contributed by atoms with Crippen LogP contribution in [0.25, 0.3) is 10.1 Å². The fourth-order valence-corrected chi connectivity index (χ4v) is 3.64. The minimum absolute atomic E-state index is 0.122. The van der Waals surface area contributed by atoms with Crippen molar-refractivity contribution in [3.63, 3.8) is 0 Å². The summed E-state index contributed by atoms with van der Waals surface area (Å²) in [7, 11) is 0. The molecule has 0 aliphatic rings. The first-order chi connectivity index (χ1) is 6.76. The lowest BCUT2D eigenvalue weighted by Gasteiger charge is -1.97. The minimum atomic E-state index is 0.122. The number of halogens is 1. The van der Waals surface area contributed by atoms with Gasteiger partial charge in [-0.25, -0.2) is 0 Å². The first-order valence-electron chi connectivity index (χ1n) is 4.44. The molecule has 1 N–H and O–H groups in total. The van der Waals surface area contributed by atoms with Gasteiger partial charge in [0, 0.05) is 14.9 Å². The van der Waals surface area contributed by atoms with Gasteiger partial charge in [-0.05, 0) is 29.5 Å². The van der Waals surface area contributed by atoms with Crippen LogP contribution in [0.4, 0.5) is 0 Å². The third-order valence-electron chi connectivity index (χ3n) is 2.38. The molecule has 0 radical (unpaired) electrons. The van der Waals surface area contributed by atoms with E-state index in [1.165, 1.54) is 20.5 Å². The van der Waals surface area contributed by atoms with E-state index in [0.717, 1.165) is 10.9 Å². The van der Waals surface area contributed by atoms with Crippen LogP contribution in [0.5, 0.6) is 0 Å². The van der Waals surface area contributed by atoms with Gasteiger partial charge < -0.3 is 5.11 Å². The molecule has 0 fully saturated rings. The maximum Gasteiger partial charge on any atom is 0.0682 e. The molecule has 0 amide bonds. The zero-order valence-electron chi connectivity index (χ0n) is 7.88. The van der Waals surface area contributed by atoms with Crippen LogP contribution in [0.1, 0.15) is 16.0 Å². The third-order valence-corrected chi connectivity index (χ3v) is 4.05. The van der Waals surface area contributed by atoms with E-state index in [2.05, 4.69) is 35.0 Å². The van der Waals surface area contributed by atoms with Crippen molar-refractivity contribution in [3.05, 3.63) is 34.2 Å². The van der Waals surface area contributed by atoms with Crippen molar-refractivity contribution in [2.75, 3.05) is 0 Å². The molecule has 0 unspecified atom stereocenters. The zero-order chi connectivity index (χ0) is 10.1. The predicted octanol–water partition coefficient (Wildman–Crippen LogP) is 3.60. The van der Waals surface area contributed by atoms with Crippen LogP contribution in [0, 0.1) is 6.92 Å². The molecule has 0 saturated carbocycles. The monoisotopic (exact) mass is 270 g/mol. The fraction of sp³-hybridized carbons (Fsp3) is 0.273. The van der Waals surface area contributed by atoms with Crippen LogP contribution < -0.4 is 0 Å². The van der Waals surface area contributed by atoms with Crippen molar-refractivity contribution in [2.24, 2.45) is 0 Å². The summed E-state index contributed by atoms with van der Waals surface area (Å²) in [5, 5.41) is 11.2. The summed E-state index contributed by atoms with van der Waals surface area (Å²) in [5.74, 6) is 0. The molecule has 14 heavy (non-hydrogen) atoms. The largest absolute Gasteiger partial charge is 0.392 e. The fourth-order valence-electron chi connectivity index (χ4n) is 1.58. The Bertz CT molecular complexity index is 462. The van der Waals surface area contributed by atoms with E-state index in [4.69, 9.17) is 5.11 Å². The molecule has 2 rings (SSSR count). The maximum atomic E-state index is 9.03. The van der Waals surface area contributed by atoms with Gasteiger partial charge in [0.2, 0.25) is 0 Å². The third kappa shape index (κ3) is 1.60. The molecular formula is C11H11BrOS. The van der Waals surface area contributed by atoms with Gasteiger partial charge in [-0.1, -0.05) is 28.1 Å². The number of hydrogen-bond acceptors (Lipinski definition) is 2. The highest BCUT2D eigenvalue weighted by atomic mass is 79.9. The van der Waals surface area contributed by atoms with E-state index in [9.17, 15) is 0 Å². The number of fused-ring (bicyclic) bond motifs is 1. The van der Waals surface area contributed by atoms with Gasteiger partial charge in [0.15, 0.2) is 0 Å². The summed E-state index contributed by atoms with van der Waals surface area (Å²) in [4.78, 5) is 1.35. The molecule has 0 saturated heterocycles. The number of hydrogen-bond donors (Lipinski definition) is 1. The van der Waals surface area contributed by atoms with Gasteiger partial charge in [-0.2, -0.15) is 0 Å². The Morgan fingerprint density at radius 3 is 2.86 bits per heavy atom. The molecule has 0 bridgehead atoms. The smallest absolute Gasteiger partial charge is 0.0682 e. The highest BCUT2D eigenvalue weighted by molar-refractivity contribution is 9.08. The number of benzene rings is 1. The molecule has 74 valence electrons. The molecule has 0 atom stereocenters. The van der Waals surface area contributed by atoms with Gasteiger partial charge in [0.1, 0.15) is 0 Å². The normalized spacial score (nSPS) is 11.1. The van der Waals surface area contributed by atoms with Crippen molar-refractivity contribution in [1.82, 2.24) is 0 Å². The predicted molar refractivity (Wildman–Crippen MR) is 65.1 cm³/mol. The summed E-state index contributed by atoms with van der Waals surface area (Å²) >= 11 is 5.29. The standard InChI is InChI=1S/C11H11BrOS/c1-7-10(5-12)9-3-2-8(6-13)4-11(9)14-7/h2-4,13H,5-6H2,1H3. The number of alkyl halides is 1. The van der Waals surface area contributed by atoms with E-state index < -0.39 is 0 Å². The van der Waals surface area contributed by atoms with Crippen molar-refractivity contribution in [3.8, 4) is 0 Å². The minimum Gasteiger partial charge on any atom is -0.392 e. The first kappa shape index (κ1) is 10.1.